The second-order valence-corrected chi connectivity index (χ2v) is 4.27. The van der Waals surface area contributed by atoms with Gasteiger partial charge in [-0.05, 0) is 19.1 Å². The van der Waals surface area contributed by atoms with Gasteiger partial charge in [0.2, 0.25) is 6.41 Å². The van der Waals surface area contributed by atoms with Crippen LogP contribution < -0.4 is 4.72 Å². The zero-order chi connectivity index (χ0) is 9.90. The lowest BCUT2D eigenvalue weighted by atomic mass is 10.2. The van der Waals surface area contributed by atoms with Crippen LogP contribution in [0.5, 0.6) is 0 Å². The quantitative estimate of drug-likeness (QED) is 0.718. The van der Waals surface area contributed by atoms with Crippen LogP contribution in [0.25, 0.3) is 0 Å². The van der Waals surface area contributed by atoms with Crippen LogP contribution in [-0.2, 0) is 14.8 Å². The van der Waals surface area contributed by atoms with Crippen LogP contribution in [0.2, 0.25) is 0 Å². The van der Waals surface area contributed by atoms with Crippen molar-refractivity contribution >= 4 is 16.4 Å². The van der Waals surface area contributed by atoms with Gasteiger partial charge in [-0.2, -0.15) is 0 Å². The van der Waals surface area contributed by atoms with Gasteiger partial charge in [-0.1, -0.05) is 17.7 Å². The summed E-state index contributed by atoms with van der Waals surface area (Å²) in [6.45, 7) is 1.85. The lowest BCUT2D eigenvalue weighted by molar-refractivity contribution is -0.108. The number of aryl methyl sites for hydroxylation is 1. The van der Waals surface area contributed by atoms with Gasteiger partial charge in [0.25, 0.3) is 10.0 Å². The molecule has 5 heteroatoms. The third kappa shape index (κ3) is 2.29. The SMILES string of the molecule is Cc1ccc(S(=O)(=O)NC=O)cc1. The van der Waals surface area contributed by atoms with E-state index in [-0.39, 0.29) is 11.3 Å². The van der Waals surface area contributed by atoms with E-state index >= 15 is 0 Å². The summed E-state index contributed by atoms with van der Waals surface area (Å²) in [6.07, 6.45) is 0.148. The van der Waals surface area contributed by atoms with E-state index in [2.05, 4.69) is 0 Å². The minimum atomic E-state index is -3.65. The van der Waals surface area contributed by atoms with Crippen LogP contribution in [0.1, 0.15) is 5.56 Å². The predicted molar refractivity (Wildman–Crippen MR) is 47.6 cm³/mol. The molecule has 1 amide bonds. The fourth-order valence-corrected chi connectivity index (χ4v) is 1.61. The van der Waals surface area contributed by atoms with Crippen molar-refractivity contribution in [2.24, 2.45) is 0 Å². The lowest BCUT2D eigenvalue weighted by Crippen LogP contribution is -2.21. The van der Waals surface area contributed by atoms with Gasteiger partial charge in [-0.25, -0.2) is 8.42 Å². The Kier molecular flexibility index (Phi) is 2.67. The van der Waals surface area contributed by atoms with Crippen molar-refractivity contribution in [1.29, 1.82) is 0 Å². The fourth-order valence-electron chi connectivity index (χ4n) is 0.849. The first-order valence-corrected chi connectivity index (χ1v) is 5.07. The summed E-state index contributed by atoms with van der Waals surface area (Å²) in [5, 5.41) is 0. The molecule has 0 spiro atoms. The third-order valence-electron chi connectivity index (χ3n) is 1.53. The third-order valence-corrected chi connectivity index (χ3v) is 2.83. The van der Waals surface area contributed by atoms with Gasteiger partial charge in [-0.3, -0.25) is 9.52 Å². The zero-order valence-corrected chi connectivity index (χ0v) is 7.84. The molecule has 0 saturated carbocycles. The maximum Gasteiger partial charge on any atom is 0.263 e. The number of carbonyl (C=O) groups is 1. The monoisotopic (exact) mass is 199 g/mol. The molecule has 0 aliphatic rings. The van der Waals surface area contributed by atoms with Crippen LogP contribution in [0.15, 0.2) is 29.2 Å². The highest BCUT2D eigenvalue weighted by Crippen LogP contribution is 2.08. The molecule has 0 atom stereocenters. The molecule has 4 nitrogen and oxygen atoms in total. The van der Waals surface area contributed by atoms with Crippen LogP contribution in [0, 0.1) is 6.92 Å². The molecule has 0 aliphatic heterocycles. The lowest BCUT2D eigenvalue weighted by Gasteiger charge is -2.01. The summed E-state index contributed by atoms with van der Waals surface area (Å²) < 4.78 is 24.2. The highest BCUT2D eigenvalue weighted by molar-refractivity contribution is 7.90. The molecule has 1 N–H and O–H groups in total. The molecule has 13 heavy (non-hydrogen) atoms. The summed E-state index contributed by atoms with van der Waals surface area (Å²) in [5.41, 5.74) is 0.963. The number of hydrogen-bond donors (Lipinski definition) is 1. The minimum Gasteiger partial charge on any atom is -0.278 e. The number of nitrogens with one attached hydrogen (secondary N) is 1. The number of rotatable bonds is 3. The molecule has 0 aliphatic carbocycles. The molecule has 0 saturated heterocycles. The van der Waals surface area contributed by atoms with Crippen molar-refractivity contribution in [2.45, 2.75) is 11.8 Å². The van der Waals surface area contributed by atoms with Gasteiger partial charge >= 0.3 is 0 Å². The molecule has 0 heterocycles. The molecular formula is C8H9NO3S. The van der Waals surface area contributed by atoms with Crippen LogP contribution >= 0.6 is 0 Å². The maximum atomic E-state index is 11.2. The summed E-state index contributed by atoms with van der Waals surface area (Å²) in [5.74, 6) is 0. The number of carbonyl (C=O) groups excluding carboxylic acids is 1. The Morgan fingerprint density at radius 1 is 1.23 bits per heavy atom. The Morgan fingerprint density at radius 2 is 1.77 bits per heavy atom. The second kappa shape index (κ2) is 3.57. The van der Waals surface area contributed by atoms with Gasteiger partial charge in [0.05, 0.1) is 4.90 Å². The van der Waals surface area contributed by atoms with E-state index in [0.29, 0.717) is 0 Å². The number of hydrogen-bond acceptors (Lipinski definition) is 3. The van der Waals surface area contributed by atoms with E-state index in [0.717, 1.165) is 5.56 Å². The molecule has 70 valence electrons. The minimum absolute atomic E-state index is 0.0881. The molecule has 0 fully saturated rings. The van der Waals surface area contributed by atoms with E-state index in [4.69, 9.17) is 0 Å². The molecule has 0 radical (unpaired) electrons. The number of amides is 1. The maximum absolute atomic E-state index is 11.2. The Morgan fingerprint density at radius 3 is 2.23 bits per heavy atom. The summed E-state index contributed by atoms with van der Waals surface area (Å²) >= 11 is 0. The van der Waals surface area contributed by atoms with Crippen molar-refractivity contribution in [1.82, 2.24) is 4.72 Å². The Hall–Kier alpha value is -1.36. The smallest absolute Gasteiger partial charge is 0.263 e. The van der Waals surface area contributed by atoms with Crippen molar-refractivity contribution < 1.29 is 13.2 Å². The molecule has 0 unspecified atom stereocenters. The first-order chi connectivity index (χ1) is 6.06. The topological polar surface area (TPSA) is 63.2 Å². The molecule has 1 aromatic rings. The molecule has 1 aromatic carbocycles. The van der Waals surface area contributed by atoms with Crippen LogP contribution in [0.4, 0.5) is 0 Å². The second-order valence-electron chi connectivity index (χ2n) is 2.55. The van der Waals surface area contributed by atoms with Gasteiger partial charge in [0.1, 0.15) is 0 Å². The molecule has 1 rings (SSSR count). The first kappa shape index (κ1) is 9.73. The summed E-state index contributed by atoms with van der Waals surface area (Å²) in [6, 6.07) is 6.22. The standard InChI is InChI=1S/C8H9NO3S/c1-7-2-4-8(5-3-7)13(11,12)9-6-10/h2-6H,1H3,(H,9,10). The van der Waals surface area contributed by atoms with Crippen molar-refractivity contribution in [3.8, 4) is 0 Å². The van der Waals surface area contributed by atoms with Crippen LogP contribution in [-0.4, -0.2) is 14.8 Å². The van der Waals surface area contributed by atoms with Crippen LogP contribution in [0.3, 0.4) is 0 Å². The number of sulfonamides is 1. The van der Waals surface area contributed by atoms with Crippen molar-refractivity contribution in [3.05, 3.63) is 29.8 Å². The largest absolute Gasteiger partial charge is 0.278 e. The van der Waals surface area contributed by atoms with E-state index in [1.807, 2.05) is 6.92 Å². The first-order valence-electron chi connectivity index (χ1n) is 3.59. The summed E-state index contributed by atoms with van der Waals surface area (Å²) in [7, 11) is -3.65. The van der Waals surface area contributed by atoms with E-state index in [9.17, 15) is 13.2 Å². The van der Waals surface area contributed by atoms with E-state index < -0.39 is 10.0 Å². The highest BCUT2D eigenvalue weighted by atomic mass is 32.2. The van der Waals surface area contributed by atoms with Gasteiger partial charge in [0, 0.05) is 0 Å². The summed E-state index contributed by atoms with van der Waals surface area (Å²) in [4.78, 5) is 10.1. The Labute approximate surface area is 76.6 Å². The van der Waals surface area contributed by atoms with E-state index in [1.165, 1.54) is 12.1 Å². The number of benzene rings is 1. The van der Waals surface area contributed by atoms with Gasteiger partial charge in [0.15, 0.2) is 0 Å². The van der Waals surface area contributed by atoms with Crippen molar-refractivity contribution in [2.75, 3.05) is 0 Å². The highest BCUT2D eigenvalue weighted by Gasteiger charge is 2.11. The molecule has 0 bridgehead atoms. The van der Waals surface area contributed by atoms with E-state index in [1.54, 1.807) is 16.9 Å². The molecule has 0 aromatic heterocycles. The van der Waals surface area contributed by atoms with Crippen molar-refractivity contribution in [3.63, 3.8) is 0 Å². The van der Waals surface area contributed by atoms with Gasteiger partial charge < -0.3 is 0 Å². The fraction of sp³-hybridized carbons (Fsp3) is 0.125. The zero-order valence-electron chi connectivity index (χ0n) is 7.02. The average Bonchev–Trinajstić information content (AvgIpc) is 2.05. The van der Waals surface area contributed by atoms with Gasteiger partial charge in [-0.15, -0.1) is 0 Å². The predicted octanol–water partition coefficient (Wildman–Crippen LogP) is 0.430. The average molecular weight is 199 g/mol. The Bertz CT molecular complexity index is 394. The Balaban J connectivity index is 3.08. The molecular weight excluding hydrogens is 190 g/mol. The normalized spacial score (nSPS) is 10.8.